The van der Waals surface area contributed by atoms with Gasteiger partial charge in [0.2, 0.25) is 0 Å². The molecule has 46 heavy (non-hydrogen) atoms. The number of hydrogen-bond acceptors (Lipinski definition) is 2. The van der Waals surface area contributed by atoms with Gasteiger partial charge in [-0.3, -0.25) is 0 Å². The van der Waals surface area contributed by atoms with Crippen molar-refractivity contribution >= 4 is 29.5 Å². The third kappa shape index (κ3) is 5.07. The van der Waals surface area contributed by atoms with E-state index in [0.29, 0.717) is 53.5 Å². The number of piperidine rings is 1. The summed E-state index contributed by atoms with van der Waals surface area (Å²) >= 11 is 3.85. The van der Waals surface area contributed by atoms with E-state index in [9.17, 15) is 0 Å². The number of allylic oxidation sites excluding steroid dienone is 14. The third-order valence-electron chi connectivity index (χ3n) is 11.7. The minimum absolute atomic E-state index is 0.222. The largest absolute Gasteiger partial charge is 0.361 e. The van der Waals surface area contributed by atoms with Gasteiger partial charge in [-0.15, -0.1) is 0 Å². The van der Waals surface area contributed by atoms with Crippen molar-refractivity contribution in [2.45, 2.75) is 69.9 Å². The first-order valence-electron chi connectivity index (χ1n) is 17.5. The van der Waals surface area contributed by atoms with Crippen LogP contribution in [0.3, 0.4) is 0 Å². The highest BCUT2D eigenvalue weighted by atomic mass is 79.9. The summed E-state index contributed by atoms with van der Waals surface area (Å²) in [6, 6.07) is 10.4. The normalized spacial score (nSPS) is 35.8. The summed E-state index contributed by atoms with van der Waals surface area (Å²) in [5.74, 6) is 2.62. The zero-order valence-electron chi connectivity index (χ0n) is 27.6. The zero-order valence-corrected chi connectivity index (χ0v) is 29.2. The Hall–Kier alpha value is -3.24. The van der Waals surface area contributed by atoms with Crippen molar-refractivity contribution in [2.24, 2.45) is 29.1 Å². The predicted octanol–water partition coefficient (Wildman–Crippen LogP) is 9.49. The molecule has 234 valence electrons. The summed E-state index contributed by atoms with van der Waals surface area (Å²) < 4.78 is 1.20. The van der Waals surface area contributed by atoms with Gasteiger partial charge in [0.05, 0.1) is 18.1 Å². The van der Waals surface area contributed by atoms with Crippen LogP contribution in [-0.2, 0) is 0 Å². The molecule has 2 aliphatic heterocycles. The number of hydrogen-bond donors (Lipinski definition) is 0. The van der Waals surface area contributed by atoms with Crippen molar-refractivity contribution < 1.29 is 0 Å². The molecule has 0 N–H and O–H groups in total. The van der Waals surface area contributed by atoms with Gasteiger partial charge in [0.25, 0.3) is 0 Å². The number of nitrogens with zero attached hydrogens (tertiary/aromatic N) is 2. The Bertz CT molecular complexity index is 1670. The smallest absolute Gasteiger partial charge is 0.110 e. The molecule has 4 heteroatoms. The fourth-order valence-corrected chi connectivity index (χ4v) is 10.5. The number of anilines is 1. The highest BCUT2D eigenvalue weighted by Gasteiger charge is 2.54. The van der Waals surface area contributed by atoms with Gasteiger partial charge in [0.1, 0.15) is 7.85 Å². The Morgan fingerprint density at radius 3 is 2.00 bits per heavy atom. The number of halogens is 1. The second kappa shape index (κ2) is 11.8. The van der Waals surface area contributed by atoms with E-state index in [0.717, 1.165) is 19.3 Å². The van der Waals surface area contributed by atoms with Crippen LogP contribution in [0, 0.1) is 29.1 Å². The van der Waals surface area contributed by atoms with E-state index in [1.54, 1.807) is 5.57 Å². The summed E-state index contributed by atoms with van der Waals surface area (Å²) in [6.45, 7) is 7.06. The molecule has 7 aliphatic rings. The Balaban J connectivity index is 1.25. The molecule has 0 bridgehead atoms. The van der Waals surface area contributed by atoms with Gasteiger partial charge < -0.3 is 9.80 Å². The van der Waals surface area contributed by atoms with Gasteiger partial charge in [-0.2, -0.15) is 0 Å². The fraction of sp³-hybridized carbons (Fsp3) is 0.381. The molecule has 0 radical (unpaired) electrons. The van der Waals surface area contributed by atoms with Crippen molar-refractivity contribution in [1.82, 2.24) is 4.90 Å². The van der Waals surface area contributed by atoms with Crippen molar-refractivity contribution in [3.8, 4) is 0 Å². The van der Waals surface area contributed by atoms with Crippen molar-refractivity contribution in [3.63, 3.8) is 0 Å². The monoisotopic (exact) mass is 668 g/mol. The van der Waals surface area contributed by atoms with Gasteiger partial charge >= 0.3 is 0 Å². The fourth-order valence-electron chi connectivity index (χ4n) is 9.74. The predicted molar refractivity (Wildman–Crippen MR) is 201 cm³/mol. The quantitative estimate of drug-likeness (QED) is 0.296. The lowest BCUT2D eigenvalue weighted by molar-refractivity contribution is 0.0283. The van der Waals surface area contributed by atoms with E-state index >= 15 is 0 Å². The van der Waals surface area contributed by atoms with Crippen LogP contribution in [0.2, 0.25) is 5.82 Å². The van der Waals surface area contributed by atoms with Crippen LogP contribution in [0.1, 0.15) is 51.5 Å². The maximum Gasteiger partial charge on any atom is 0.110 e. The van der Waals surface area contributed by atoms with Crippen molar-refractivity contribution in [2.75, 3.05) is 4.90 Å². The van der Waals surface area contributed by atoms with Gasteiger partial charge in [0.15, 0.2) is 0 Å². The molecule has 0 amide bonds. The molecule has 1 fully saturated rings. The van der Waals surface area contributed by atoms with Gasteiger partial charge in [0, 0.05) is 39.3 Å². The average molecular weight is 670 g/mol. The molecular formula is C42H46BBrN2. The minimum atomic E-state index is 0.222. The summed E-state index contributed by atoms with van der Waals surface area (Å²) in [5, 5.41) is 0. The van der Waals surface area contributed by atoms with Crippen LogP contribution in [0.4, 0.5) is 5.69 Å². The lowest BCUT2D eigenvalue weighted by Gasteiger charge is -2.59. The second-order valence-electron chi connectivity index (χ2n) is 15.4. The van der Waals surface area contributed by atoms with Crippen LogP contribution in [0.25, 0.3) is 0 Å². The van der Waals surface area contributed by atoms with Crippen LogP contribution in [-0.4, -0.2) is 30.9 Å². The molecule has 8 rings (SSSR count). The Morgan fingerprint density at radius 2 is 1.37 bits per heavy atom. The molecule has 2 nitrogen and oxygen atoms in total. The number of benzene rings is 1. The average Bonchev–Trinajstić information content (AvgIpc) is 3.05. The molecule has 8 atom stereocenters. The molecule has 1 aromatic rings. The van der Waals surface area contributed by atoms with E-state index in [1.807, 2.05) is 0 Å². The molecule has 1 saturated heterocycles. The highest BCUT2D eigenvalue weighted by molar-refractivity contribution is 9.11. The summed E-state index contributed by atoms with van der Waals surface area (Å²) in [7, 11) is 2.34. The van der Waals surface area contributed by atoms with Crippen LogP contribution < -0.4 is 4.90 Å². The Labute approximate surface area is 285 Å². The maximum atomic E-state index is 3.85. The second-order valence-corrected chi connectivity index (χ2v) is 16.3. The number of para-hydroxylation sites is 1. The van der Waals surface area contributed by atoms with E-state index in [2.05, 4.69) is 176 Å². The summed E-state index contributed by atoms with van der Waals surface area (Å²) in [4.78, 5) is 5.50. The number of rotatable bonds is 3. The standard InChI is InChI=1S/C42H46BBrN2/c1-42(2,3)27-20-22-30(23-21-27)45-36-16-8-4-12-32(36)40(33-13-5-9-17-37(33)45)41-34-14-6-10-18-38(34)46(39-19-11-7-15-35(39)41)31-25-28(43)24-29(44)26-31/h4-20,22,24,26,28,32-34,36-38,40-41H,21,23,25,43H2,1-3H3. The molecule has 1 aromatic carbocycles. The Kier molecular flexibility index (Phi) is 7.71. The minimum Gasteiger partial charge on any atom is -0.361 e. The maximum absolute atomic E-state index is 3.85. The molecular weight excluding hydrogens is 623 g/mol. The summed E-state index contributed by atoms with van der Waals surface area (Å²) in [5.41, 5.74) is 7.61. The SMILES string of the molecule is BC1C=C(Br)C=C(N2c3ccccc3C(C3C4C=CC=CC4N(C4=CC=C(C(C)(C)C)CC4)C4C=CC=CC34)C3C=CC=CC32)C1. The van der Waals surface area contributed by atoms with Crippen molar-refractivity contribution in [1.29, 1.82) is 0 Å². The molecule has 2 heterocycles. The van der Waals surface area contributed by atoms with Gasteiger partial charge in [-0.1, -0.05) is 146 Å². The van der Waals surface area contributed by atoms with E-state index in [4.69, 9.17) is 0 Å². The van der Waals surface area contributed by atoms with Crippen LogP contribution >= 0.6 is 15.9 Å². The van der Waals surface area contributed by atoms with Crippen LogP contribution in [0.15, 0.2) is 143 Å². The van der Waals surface area contributed by atoms with E-state index in [-0.39, 0.29) is 5.41 Å². The summed E-state index contributed by atoms with van der Waals surface area (Å²) in [6.07, 6.45) is 42.0. The lowest BCUT2D eigenvalue weighted by Crippen LogP contribution is -2.60. The van der Waals surface area contributed by atoms with E-state index in [1.165, 1.54) is 27.1 Å². The lowest BCUT2D eigenvalue weighted by atomic mass is 9.56. The van der Waals surface area contributed by atoms with Gasteiger partial charge in [-0.25, -0.2) is 0 Å². The van der Waals surface area contributed by atoms with Crippen LogP contribution in [0.5, 0.6) is 0 Å². The van der Waals surface area contributed by atoms with Crippen molar-refractivity contribution in [3.05, 3.63) is 148 Å². The topological polar surface area (TPSA) is 6.48 Å². The molecule has 0 saturated carbocycles. The molecule has 8 unspecified atom stereocenters. The van der Waals surface area contributed by atoms with Gasteiger partial charge in [-0.05, 0) is 66.1 Å². The van der Waals surface area contributed by atoms with E-state index < -0.39 is 0 Å². The molecule has 0 spiro atoms. The third-order valence-corrected chi connectivity index (χ3v) is 12.2. The molecule has 0 aromatic heterocycles. The first kappa shape index (κ1) is 30.1. The zero-order chi connectivity index (χ0) is 31.6. The highest BCUT2D eigenvalue weighted by Crippen LogP contribution is 2.58. The first-order valence-corrected chi connectivity index (χ1v) is 18.3. The number of fused-ring (bicyclic) bond motifs is 4. The first-order chi connectivity index (χ1) is 22.3. The Morgan fingerprint density at radius 1 is 0.739 bits per heavy atom. The molecule has 5 aliphatic carbocycles. The number of likely N-dealkylation sites (tertiary alicyclic amines) is 1.